The zero-order valence-corrected chi connectivity index (χ0v) is 15.5. The number of nitrogens with one attached hydrogen (secondary N) is 1. The molecule has 0 unspecified atom stereocenters. The van der Waals surface area contributed by atoms with Gasteiger partial charge in [0.2, 0.25) is 11.7 Å². The molecule has 0 saturated carbocycles. The normalized spacial score (nSPS) is 10.4. The number of methoxy groups -OCH3 is 1. The van der Waals surface area contributed by atoms with Crippen molar-refractivity contribution in [1.29, 1.82) is 0 Å². The molecule has 1 heterocycles. The van der Waals surface area contributed by atoms with Gasteiger partial charge in [-0.2, -0.15) is 4.98 Å². The molecule has 0 aliphatic rings. The van der Waals surface area contributed by atoms with Crippen molar-refractivity contribution in [2.24, 2.45) is 0 Å². The molecule has 6 nitrogen and oxygen atoms in total. The standard InChI is InChI=1S/C20H18ClN3O3/c1-3-6-13-11-14(9-10-17(13)26-2)20(25)22-12-18-23-19(24-27-18)15-7-4-5-8-16(15)21/h3-5,7-11H,1,6,12H2,2H3,(H,22,25). The van der Waals surface area contributed by atoms with E-state index in [0.717, 1.165) is 5.56 Å². The molecule has 0 fully saturated rings. The van der Waals surface area contributed by atoms with Crippen LogP contribution in [0.4, 0.5) is 0 Å². The van der Waals surface area contributed by atoms with E-state index in [2.05, 4.69) is 22.0 Å². The molecule has 27 heavy (non-hydrogen) atoms. The van der Waals surface area contributed by atoms with Crippen molar-refractivity contribution < 1.29 is 14.1 Å². The van der Waals surface area contributed by atoms with Gasteiger partial charge in [0.05, 0.1) is 18.7 Å². The smallest absolute Gasteiger partial charge is 0.251 e. The van der Waals surface area contributed by atoms with Crippen LogP contribution in [0.5, 0.6) is 5.75 Å². The fourth-order valence-corrected chi connectivity index (χ4v) is 2.79. The van der Waals surface area contributed by atoms with E-state index in [9.17, 15) is 4.79 Å². The van der Waals surface area contributed by atoms with Crippen LogP contribution in [-0.4, -0.2) is 23.2 Å². The number of allylic oxidation sites excluding steroid dienone is 1. The largest absolute Gasteiger partial charge is 0.496 e. The van der Waals surface area contributed by atoms with E-state index in [1.165, 1.54) is 0 Å². The van der Waals surface area contributed by atoms with Crippen molar-refractivity contribution in [1.82, 2.24) is 15.5 Å². The Morgan fingerprint density at radius 1 is 1.33 bits per heavy atom. The molecule has 0 saturated heterocycles. The molecule has 0 aliphatic heterocycles. The van der Waals surface area contributed by atoms with Gasteiger partial charge in [0.25, 0.3) is 5.91 Å². The summed E-state index contributed by atoms with van der Waals surface area (Å²) in [6, 6.07) is 12.4. The lowest BCUT2D eigenvalue weighted by atomic mass is 10.1. The predicted molar refractivity (Wildman–Crippen MR) is 103 cm³/mol. The highest BCUT2D eigenvalue weighted by molar-refractivity contribution is 6.33. The molecule has 0 bridgehead atoms. The topological polar surface area (TPSA) is 77.3 Å². The first-order valence-corrected chi connectivity index (χ1v) is 8.63. The Kier molecular flexibility index (Phi) is 5.88. The number of nitrogens with zero attached hydrogens (tertiary/aromatic N) is 2. The number of rotatable bonds is 7. The van der Waals surface area contributed by atoms with Crippen LogP contribution in [0.3, 0.4) is 0 Å². The second-order valence-corrected chi connectivity index (χ2v) is 6.10. The highest BCUT2D eigenvalue weighted by Crippen LogP contribution is 2.25. The van der Waals surface area contributed by atoms with Crippen molar-refractivity contribution >= 4 is 17.5 Å². The lowest BCUT2D eigenvalue weighted by Crippen LogP contribution is -2.23. The van der Waals surface area contributed by atoms with Crippen LogP contribution in [0, 0.1) is 0 Å². The van der Waals surface area contributed by atoms with E-state index in [-0.39, 0.29) is 18.3 Å². The fourth-order valence-electron chi connectivity index (χ4n) is 2.57. The molecule has 2 aromatic carbocycles. The summed E-state index contributed by atoms with van der Waals surface area (Å²) in [5.41, 5.74) is 2.07. The SMILES string of the molecule is C=CCc1cc(C(=O)NCc2nc(-c3ccccc3Cl)no2)ccc1OC. The maximum atomic E-state index is 12.4. The lowest BCUT2D eigenvalue weighted by Gasteiger charge is -2.09. The third-order valence-corrected chi connectivity index (χ3v) is 4.22. The van der Waals surface area contributed by atoms with Gasteiger partial charge in [-0.1, -0.05) is 35.0 Å². The molecule has 1 amide bonds. The summed E-state index contributed by atoms with van der Waals surface area (Å²) < 4.78 is 10.5. The summed E-state index contributed by atoms with van der Waals surface area (Å²) in [6.07, 6.45) is 2.36. The molecular formula is C20H18ClN3O3. The van der Waals surface area contributed by atoms with Gasteiger partial charge in [0.15, 0.2) is 0 Å². The van der Waals surface area contributed by atoms with Crippen LogP contribution in [0.15, 0.2) is 59.6 Å². The molecule has 0 aliphatic carbocycles. The van der Waals surface area contributed by atoms with Crippen molar-refractivity contribution in [3.05, 3.63) is 77.2 Å². The van der Waals surface area contributed by atoms with E-state index in [4.69, 9.17) is 20.9 Å². The Morgan fingerprint density at radius 2 is 2.15 bits per heavy atom. The number of aromatic nitrogens is 2. The molecule has 7 heteroatoms. The number of carbonyl (C=O) groups is 1. The van der Waals surface area contributed by atoms with Crippen LogP contribution < -0.4 is 10.1 Å². The number of halogens is 1. The van der Waals surface area contributed by atoms with Crippen molar-refractivity contribution in [2.75, 3.05) is 7.11 Å². The van der Waals surface area contributed by atoms with E-state index in [1.807, 2.05) is 12.1 Å². The number of ether oxygens (including phenoxy) is 1. The zero-order valence-electron chi connectivity index (χ0n) is 14.7. The van der Waals surface area contributed by atoms with Gasteiger partial charge in [0.1, 0.15) is 5.75 Å². The Hall–Kier alpha value is -3.12. The van der Waals surface area contributed by atoms with Crippen LogP contribution in [0.25, 0.3) is 11.4 Å². The predicted octanol–water partition coefficient (Wildman–Crippen LogP) is 4.06. The zero-order chi connectivity index (χ0) is 19.2. The maximum absolute atomic E-state index is 12.4. The minimum absolute atomic E-state index is 0.110. The van der Waals surface area contributed by atoms with Gasteiger partial charge in [0, 0.05) is 11.1 Å². The average Bonchev–Trinajstić information content (AvgIpc) is 3.15. The van der Waals surface area contributed by atoms with E-state index in [1.54, 1.807) is 43.5 Å². The van der Waals surface area contributed by atoms with Gasteiger partial charge >= 0.3 is 0 Å². The van der Waals surface area contributed by atoms with E-state index in [0.29, 0.717) is 34.1 Å². The summed E-state index contributed by atoms with van der Waals surface area (Å²) in [4.78, 5) is 16.7. The molecule has 138 valence electrons. The third-order valence-electron chi connectivity index (χ3n) is 3.89. The van der Waals surface area contributed by atoms with Gasteiger partial charge in [-0.15, -0.1) is 6.58 Å². The number of benzene rings is 2. The number of hydrogen-bond acceptors (Lipinski definition) is 5. The first-order valence-electron chi connectivity index (χ1n) is 8.26. The fraction of sp³-hybridized carbons (Fsp3) is 0.150. The first kappa shape index (κ1) is 18.7. The van der Waals surface area contributed by atoms with E-state index < -0.39 is 0 Å². The van der Waals surface area contributed by atoms with Gasteiger partial charge in [-0.25, -0.2) is 0 Å². The highest BCUT2D eigenvalue weighted by atomic mass is 35.5. The molecule has 0 atom stereocenters. The van der Waals surface area contributed by atoms with Gasteiger partial charge < -0.3 is 14.6 Å². The third kappa shape index (κ3) is 4.35. The summed E-state index contributed by atoms with van der Waals surface area (Å²) in [6.45, 7) is 3.83. The van der Waals surface area contributed by atoms with Crippen LogP contribution in [-0.2, 0) is 13.0 Å². The van der Waals surface area contributed by atoms with Crippen molar-refractivity contribution in [2.45, 2.75) is 13.0 Å². The quantitative estimate of drug-likeness (QED) is 0.622. The molecule has 0 radical (unpaired) electrons. The molecule has 0 spiro atoms. The monoisotopic (exact) mass is 383 g/mol. The minimum Gasteiger partial charge on any atom is -0.496 e. The number of amides is 1. The first-order chi connectivity index (χ1) is 13.1. The Bertz CT molecular complexity index is 969. The minimum atomic E-state index is -0.250. The second-order valence-electron chi connectivity index (χ2n) is 5.69. The summed E-state index contributed by atoms with van der Waals surface area (Å²) in [5, 5.41) is 7.21. The second kappa shape index (κ2) is 8.51. The lowest BCUT2D eigenvalue weighted by molar-refractivity contribution is 0.0946. The van der Waals surface area contributed by atoms with Crippen LogP contribution in [0.1, 0.15) is 21.8 Å². The molecule has 1 aromatic heterocycles. The molecule has 3 aromatic rings. The summed E-state index contributed by atoms with van der Waals surface area (Å²) >= 11 is 6.13. The summed E-state index contributed by atoms with van der Waals surface area (Å²) in [7, 11) is 1.59. The summed E-state index contributed by atoms with van der Waals surface area (Å²) in [5.74, 6) is 1.13. The number of carbonyl (C=O) groups excluding carboxylic acids is 1. The van der Waals surface area contributed by atoms with Crippen LogP contribution >= 0.6 is 11.6 Å². The molecular weight excluding hydrogens is 366 g/mol. The van der Waals surface area contributed by atoms with Crippen molar-refractivity contribution in [3.8, 4) is 17.1 Å². The average molecular weight is 384 g/mol. The van der Waals surface area contributed by atoms with Crippen LogP contribution in [0.2, 0.25) is 5.02 Å². The Morgan fingerprint density at radius 3 is 2.89 bits per heavy atom. The highest BCUT2D eigenvalue weighted by Gasteiger charge is 2.14. The van der Waals surface area contributed by atoms with Gasteiger partial charge in [-0.3, -0.25) is 4.79 Å². The Balaban J connectivity index is 1.69. The van der Waals surface area contributed by atoms with Crippen molar-refractivity contribution in [3.63, 3.8) is 0 Å². The Labute approximate surface area is 161 Å². The molecule has 3 rings (SSSR count). The van der Waals surface area contributed by atoms with E-state index >= 15 is 0 Å². The molecule has 1 N–H and O–H groups in total. The number of hydrogen-bond donors (Lipinski definition) is 1. The maximum Gasteiger partial charge on any atom is 0.251 e. The van der Waals surface area contributed by atoms with Gasteiger partial charge in [-0.05, 0) is 42.3 Å².